The molecule has 192 valence electrons. The fourth-order valence-corrected chi connectivity index (χ4v) is 4.02. The summed E-state index contributed by atoms with van der Waals surface area (Å²) in [6, 6.07) is 4.63. The Morgan fingerprint density at radius 2 is 1.92 bits per heavy atom. The lowest BCUT2D eigenvalue weighted by Gasteiger charge is -2.39. The highest BCUT2D eigenvalue weighted by Crippen LogP contribution is 2.36. The monoisotopic (exact) mass is 515 g/mol. The van der Waals surface area contributed by atoms with Crippen molar-refractivity contribution in [3.63, 3.8) is 0 Å². The largest absolute Gasteiger partial charge is 0.417 e. The van der Waals surface area contributed by atoms with Crippen molar-refractivity contribution in [2.45, 2.75) is 19.1 Å². The van der Waals surface area contributed by atoms with Crippen LogP contribution in [0.1, 0.15) is 28.7 Å². The lowest BCUT2D eigenvalue weighted by atomic mass is 10.0. The van der Waals surface area contributed by atoms with E-state index in [-0.39, 0.29) is 34.4 Å². The number of rotatable bonds is 4. The van der Waals surface area contributed by atoms with Crippen LogP contribution in [0.4, 0.5) is 28.9 Å². The number of hydrogen-bond acceptors (Lipinski definition) is 7. The van der Waals surface area contributed by atoms with Crippen LogP contribution in [-0.2, 0) is 6.18 Å². The van der Waals surface area contributed by atoms with E-state index in [1.165, 1.54) is 24.5 Å². The maximum absolute atomic E-state index is 15.3. The molecular weight excluding hydrogens is 494 g/mol. The first kappa shape index (κ1) is 25.8. The molecule has 1 amide bonds. The second-order valence-corrected chi connectivity index (χ2v) is 8.61. The molecule has 0 saturated carbocycles. The van der Waals surface area contributed by atoms with E-state index in [1.54, 1.807) is 6.07 Å². The molecule has 3 aromatic rings. The Labute approximate surface area is 208 Å². The van der Waals surface area contributed by atoms with Crippen LogP contribution in [-0.4, -0.2) is 58.5 Å². The second-order valence-electron chi connectivity index (χ2n) is 8.61. The van der Waals surface area contributed by atoms with Crippen LogP contribution in [0.3, 0.4) is 0 Å². The van der Waals surface area contributed by atoms with Crippen molar-refractivity contribution in [2.24, 2.45) is 0 Å². The third kappa shape index (κ3) is 5.44. The predicted molar refractivity (Wildman–Crippen MR) is 126 cm³/mol. The van der Waals surface area contributed by atoms with E-state index < -0.39 is 34.6 Å². The molecule has 3 heterocycles. The van der Waals surface area contributed by atoms with Crippen LogP contribution in [0.5, 0.6) is 0 Å². The van der Waals surface area contributed by atoms with Gasteiger partial charge in [0.25, 0.3) is 5.91 Å². The number of anilines is 2. The zero-order chi connectivity index (χ0) is 26.9. The van der Waals surface area contributed by atoms with Gasteiger partial charge < -0.3 is 20.1 Å². The molecule has 1 unspecified atom stereocenters. The summed E-state index contributed by atoms with van der Waals surface area (Å²) in [5, 5.41) is 11.4. The maximum atomic E-state index is 15.3. The fourth-order valence-electron chi connectivity index (χ4n) is 4.02. The number of carbonyl (C=O) groups excluding carboxylic acids is 1. The number of nitrogens with zero attached hydrogens (tertiary/aromatic N) is 5. The number of nitriles is 1. The minimum Gasteiger partial charge on any atom is -0.367 e. The number of aromatic nitrogens is 3. The topological polar surface area (TPSA) is 118 Å². The van der Waals surface area contributed by atoms with E-state index in [1.807, 2.05) is 18.9 Å². The Morgan fingerprint density at radius 1 is 1.22 bits per heavy atom. The first-order chi connectivity index (χ1) is 17.5. The summed E-state index contributed by atoms with van der Waals surface area (Å²) in [6.07, 6.45) is -1.80. The molecule has 0 bridgehead atoms. The van der Waals surface area contributed by atoms with Gasteiger partial charge in [-0.25, -0.2) is 14.4 Å². The number of pyridine rings is 1. The van der Waals surface area contributed by atoms with E-state index in [9.17, 15) is 22.8 Å². The smallest absolute Gasteiger partial charge is 0.367 e. The number of H-pyrrole nitrogens is 1. The summed E-state index contributed by atoms with van der Waals surface area (Å²) in [6.45, 7) is 3.57. The number of carbonyl (C=O) groups is 1. The number of nitrogens with one attached hydrogen (secondary N) is 2. The van der Waals surface area contributed by atoms with Gasteiger partial charge in [-0.1, -0.05) is 0 Å². The number of hydrogen-bond donors (Lipinski definition) is 2. The molecule has 2 N–H and O–H groups in total. The van der Waals surface area contributed by atoms with Crippen molar-refractivity contribution in [3.05, 3.63) is 69.9 Å². The van der Waals surface area contributed by atoms with Crippen LogP contribution in [0.2, 0.25) is 0 Å². The van der Waals surface area contributed by atoms with Crippen molar-refractivity contribution in [1.82, 2.24) is 19.9 Å². The lowest BCUT2D eigenvalue weighted by molar-refractivity contribution is -0.138. The molecule has 13 heteroatoms. The summed E-state index contributed by atoms with van der Waals surface area (Å²) in [4.78, 5) is 38.2. The second kappa shape index (κ2) is 9.98. The van der Waals surface area contributed by atoms with Crippen molar-refractivity contribution in [2.75, 3.05) is 36.9 Å². The molecule has 0 spiro atoms. The number of benzene rings is 1. The van der Waals surface area contributed by atoms with Crippen LogP contribution in [0.25, 0.3) is 11.1 Å². The molecule has 2 aromatic heterocycles. The molecule has 0 radical (unpaired) electrons. The Bertz CT molecular complexity index is 1430. The van der Waals surface area contributed by atoms with Crippen molar-refractivity contribution in [1.29, 1.82) is 5.26 Å². The quantitative estimate of drug-likeness (QED) is 0.512. The summed E-state index contributed by atoms with van der Waals surface area (Å²) >= 11 is 0. The summed E-state index contributed by atoms with van der Waals surface area (Å²) in [7, 11) is 1.94. The Kier molecular flexibility index (Phi) is 6.95. The summed E-state index contributed by atoms with van der Waals surface area (Å²) in [5.74, 6) is -1.94. The average molecular weight is 515 g/mol. The van der Waals surface area contributed by atoms with Crippen LogP contribution < -0.4 is 15.8 Å². The van der Waals surface area contributed by atoms with Gasteiger partial charge in [0.2, 0.25) is 11.4 Å². The minimum absolute atomic E-state index is 0.0248. The molecule has 9 nitrogen and oxygen atoms in total. The average Bonchev–Trinajstić information content (AvgIpc) is 2.86. The van der Waals surface area contributed by atoms with E-state index in [4.69, 9.17) is 5.26 Å². The van der Waals surface area contributed by atoms with Crippen LogP contribution in [0.15, 0.2) is 41.6 Å². The van der Waals surface area contributed by atoms with Crippen LogP contribution in [0, 0.1) is 17.1 Å². The van der Waals surface area contributed by atoms with E-state index >= 15 is 4.39 Å². The Morgan fingerprint density at radius 3 is 2.54 bits per heavy atom. The molecule has 1 atom stereocenters. The zero-order valence-corrected chi connectivity index (χ0v) is 19.7. The summed E-state index contributed by atoms with van der Waals surface area (Å²) < 4.78 is 55.9. The van der Waals surface area contributed by atoms with Gasteiger partial charge in [-0.05, 0) is 26.1 Å². The number of likely N-dealkylation sites (N-methyl/N-ethyl adjacent to an activating group) is 1. The number of halogens is 4. The Balaban J connectivity index is 1.80. The standard InChI is InChI=1S/C24H21F4N7O2/c1-13-12-35(4-3-34(13)2)20-7-18(25)15(14-9-30-21(8-29)31-10-14)5-19(20)33-23(37)16-11-32-22(36)6-17(16)24(26,27)28/h5-7,9-11,13H,3-4,12H2,1-2H3,(H,32,36)(H,33,37). The van der Waals surface area contributed by atoms with Crippen molar-refractivity contribution >= 4 is 17.3 Å². The highest BCUT2D eigenvalue weighted by Gasteiger charge is 2.36. The highest BCUT2D eigenvalue weighted by molar-refractivity contribution is 6.07. The molecule has 1 saturated heterocycles. The first-order valence-corrected chi connectivity index (χ1v) is 11.1. The van der Waals surface area contributed by atoms with Crippen molar-refractivity contribution in [3.8, 4) is 17.2 Å². The highest BCUT2D eigenvalue weighted by atomic mass is 19.4. The Hall–Kier alpha value is -4.31. The molecule has 1 aliphatic rings. The molecule has 37 heavy (non-hydrogen) atoms. The molecule has 1 aromatic carbocycles. The number of alkyl halides is 3. The summed E-state index contributed by atoms with van der Waals surface area (Å²) in [5.41, 5.74) is -2.69. The van der Waals surface area contributed by atoms with Gasteiger partial charge in [0.1, 0.15) is 11.9 Å². The van der Waals surface area contributed by atoms with Gasteiger partial charge in [-0.2, -0.15) is 18.4 Å². The van der Waals surface area contributed by atoms with Gasteiger partial charge in [-0.3, -0.25) is 9.59 Å². The molecule has 1 aliphatic heterocycles. The number of amides is 1. The van der Waals surface area contributed by atoms with Crippen molar-refractivity contribution < 1.29 is 22.4 Å². The van der Waals surface area contributed by atoms with E-state index in [0.29, 0.717) is 31.9 Å². The predicted octanol–water partition coefficient (Wildman–Crippen LogP) is 3.25. The molecule has 1 fully saturated rings. The molecular formula is C24H21F4N7O2. The zero-order valence-electron chi connectivity index (χ0n) is 19.7. The maximum Gasteiger partial charge on any atom is 0.417 e. The van der Waals surface area contributed by atoms with Gasteiger partial charge in [0, 0.05) is 61.5 Å². The normalized spacial score (nSPS) is 16.4. The fraction of sp³-hybridized carbons (Fsp3) is 0.292. The van der Waals surface area contributed by atoms with Gasteiger partial charge >= 0.3 is 6.18 Å². The van der Waals surface area contributed by atoms with Crippen LogP contribution >= 0.6 is 0 Å². The number of aromatic amines is 1. The van der Waals surface area contributed by atoms with E-state index in [2.05, 4.69) is 25.2 Å². The lowest BCUT2D eigenvalue weighted by Crippen LogP contribution is -2.50. The third-order valence-corrected chi connectivity index (χ3v) is 6.17. The number of piperazine rings is 1. The SMILES string of the molecule is CC1CN(c2cc(F)c(-c3cnc(C#N)nc3)cc2NC(=O)c2c[nH]c(=O)cc2C(F)(F)F)CCN1C. The third-order valence-electron chi connectivity index (χ3n) is 6.17. The van der Waals surface area contributed by atoms with Gasteiger partial charge in [0.05, 0.1) is 22.5 Å². The van der Waals surface area contributed by atoms with Gasteiger partial charge in [0.15, 0.2) is 0 Å². The minimum atomic E-state index is -4.95. The molecule has 4 rings (SSSR count). The van der Waals surface area contributed by atoms with Gasteiger partial charge in [-0.15, -0.1) is 0 Å². The molecule has 0 aliphatic carbocycles. The van der Waals surface area contributed by atoms with E-state index in [0.717, 1.165) is 0 Å². The first-order valence-electron chi connectivity index (χ1n) is 11.1.